The Morgan fingerprint density at radius 1 is 1.03 bits per heavy atom. The zero-order valence-corrected chi connectivity index (χ0v) is 17.1. The third-order valence-electron chi connectivity index (χ3n) is 5.03. The molecule has 0 fully saturated rings. The highest BCUT2D eigenvalue weighted by molar-refractivity contribution is 7.10. The summed E-state index contributed by atoms with van der Waals surface area (Å²) >= 11 is 1.61. The lowest BCUT2D eigenvalue weighted by atomic mass is 9.88. The molecule has 1 aliphatic rings. The highest BCUT2D eigenvalue weighted by Crippen LogP contribution is 2.44. The molecule has 0 saturated carbocycles. The van der Waals surface area contributed by atoms with Gasteiger partial charge in [0, 0.05) is 23.1 Å². The van der Waals surface area contributed by atoms with Crippen molar-refractivity contribution in [3.05, 3.63) is 81.5 Å². The van der Waals surface area contributed by atoms with E-state index in [1.165, 1.54) is 0 Å². The maximum atomic E-state index is 13.0. The van der Waals surface area contributed by atoms with Gasteiger partial charge in [0.05, 0.1) is 6.54 Å². The molecule has 1 aromatic heterocycles. The van der Waals surface area contributed by atoms with Gasteiger partial charge in [-0.1, -0.05) is 36.4 Å². The molecule has 0 bridgehead atoms. The van der Waals surface area contributed by atoms with E-state index in [0.717, 1.165) is 21.6 Å². The Morgan fingerprint density at radius 3 is 2.24 bits per heavy atom. The number of hydrogen-bond donors (Lipinski definition) is 0. The average molecular weight is 407 g/mol. The summed E-state index contributed by atoms with van der Waals surface area (Å²) in [5, 5.41) is 2.00. The van der Waals surface area contributed by atoms with Crippen molar-refractivity contribution in [3.8, 4) is 11.5 Å². The minimum absolute atomic E-state index is 0.236. The second kappa shape index (κ2) is 8.09. The smallest absolute Gasteiger partial charge is 0.318 e. The summed E-state index contributed by atoms with van der Waals surface area (Å²) in [4.78, 5) is 28.2. The van der Waals surface area contributed by atoms with Crippen molar-refractivity contribution in [1.82, 2.24) is 4.90 Å². The van der Waals surface area contributed by atoms with E-state index in [2.05, 4.69) is 0 Å². The van der Waals surface area contributed by atoms with Crippen molar-refractivity contribution in [1.29, 1.82) is 0 Å². The maximum absolute atomic E-state index is 13.0. The van der Waals surface area contributed by atoms with Gasteiger partial charge in [0.1, 0.15) is 17.4 Å². The van der Waals surface area contributed by atoms with Crippen LogP contribution in [-0.4, -0.2) is 30.4 Å². The molecular weight excluding hydrogens is 386 g/mol. The molecule has 1 aliphatic heterocycles. The van der Waals surface area contributed by atoms with Crippen molar-refractivity contribution in [2.24, 2.45) is 0 Å². The lowest BCUT2D eigenvalue weighted by Gasteiger charge is -2.27. The van der Waals surface area contributed by atoms with Gasteiger partial charge < -0.3 is 14.4 Å². The van der Waals surface area contributed by atoms with Crippen LogP contribution in [0.15, 0.2) is 60.0 Å². The first kappa shape index (κ1) is 19.2. The number of thiophene rings is 1. The molecule has 0 saturated heterocycles. The monoisotopic (exact) mass is 407 g/mol. The van der Waals surface area contributed by atoms with E-state index < -0.39 is 11.9 Å². The number of esters is 1. The summed E-state index contributed by atoms with van der Waals surface area (Å²) in [7, 11) is 1.72. The zero-order valence-electron chi connectivity index (χ0n) is 16.3. The lowest BCUT2D eigenvalue weighted by Crippen LogP contribution is -2.32. The summed E-state index contributed by atoms with van der Waals surface area (Å²) in [6.07, 6.45) is 0. The molecule has 2 aromatic carbocycles. The summed E-state index contributed by atoms with van der Waals surface area (Å²) in [5.74, 6) is -0.0506. The van der Waals surface area contributed by atoms with Gasteiger partial charge in [-0.2, -0.15) is 0 Å². The second-order valence-corrected chi connectivity index (χ2v) is 8.00. The predicted molar refractivity (Wildman–Crippen MR) is 111 cm³/mol. The number of nitrogens with zero attached hydrogens (tertiary/aromatic N) is 1. The third-order valence-corrected chi connectivity index (χ3v) is 6.04. The number of hydrogen-bond acceptors (Lipinski definition) is 5. The molecule has 0 spiro atoms. The number of rotatable bonds is 5. The SMILES string of the molecule is Cc1ccsc1CN(C)C(=O)COC(=O)C1c2ccccc2Oc2ccccc21. The first-order valence-electron chi connectivity index (χ1n) is 9.34. The molecule has 148 valence electrons. The van der Waals surface area contributed by atoms with Crippen molar-refractivity contribution in [3.63, 3.8) is 0 Å². The van der Waals surface area contributed by atoms with Crippen LogP contribution in [0.3, 0.4) is 0 Å². The first-order valence-corrected chi connectivity index (χ1v) is 10.2. The number of amides is 1. The van der Waals surface area contributed by atoms with Gasteiger partial charge in [-0.3, -0.25) is 9.59 Å². The van der Waals surface area contributed by atoms with E-state index >= 15 is 0 Å². The van der Waals surface area contributed by atoms with E-state index in [4.69, 9.17) is 9.47 Å². The summed E-state index contributed by atoms with van der Waals surface area (Å²) < 4.78 is 11.4. The van der Waals surface area contributed by atoms with Crippen LogP contribution in [0.2, 0.25) is 0 Å². The van der Waals surface area contributed by atoms with Crippen LogP contribution in [0.1, 0.15) is 27.5 Å². The Labute approximate surface area is 173 Å². The Morgan fingerprint density at radius 2 is 1.66 bits per heavy atom. The number of fused-ring (bicyclic) bond motifs is 2. The molecule has 1 amide bonds. The van der Waals surface area contributed by atoms with Crippen molar-refractivity contribution >= 4 is 23.2 Å². The number of para-hydroxylation sites is 2. The number of benzene rings is 2. The Kier molecular flexibility index (Phi) is 5.36. The molecule has 29 heavy (non-hydrogen) atoms. The van der Waals surface area contributed by atoms with Crippen LogP contribution in [0.4, 0.5) is 0 Å². The molecule has 0 unspecified atom stereocenters. The standard InChI is InChI=1S/C23H21NO4S/c1-15-11-12-29-20(15)13-24(2)21(25)14-27-23(26)22-16-7-3-5-9-18(16)28-19-10-6-4-8-17(19)22/h3-12,22H,13-14H2,1-2H3. The van der Waals surface area contributed by atoms with Crippen LogP contribution in [0, 0.1) is 6.92 Å². The number of likely N-dealkylation sites (N-methyl/N-ethyl adjacent to an activating group) is 1. The molecular formula is C23H21NO4S. The number of ether oxygens (including phenoxy) is 2. The Balaban J connectivity index is 1.47. The van der Waals surface area contributed by atoms with Gasteiger partial charge >= 0.3 is 5.97 Å². The summed E-state index contributed by atoms with van der Waals surface area (Å²) in [5.41, 5.74) is 2.64. The van der Waals surface area contributed by atoms with E-state index in [9.17, 15) is 9.59 Å². The highest BCUT2D eigenvalue weighted by Gasteiger charge is 2.34. The van der Waals surface area contributed by atoms with Gasteiger partial charge in [0.15, 0.2) is 6.61 Å². The summed E-state index contributed by atoms with van der Waals surface area (Å²) in [6, 6.07) is 16.8. The van der Waals surface area contributed by atoms with E-state index in [1.807, 2.05) is 66.9 Å². The molecule has 0 atom stereocenters. The number of carbonyl (C=O) groups is 2. The molecule has 0 aliphatic carbocycles. The largest absolute Gasteiger partial charge is 0.457 e. The molecule has 0 radical (unpaired) electrons. The van der Waals surface area contributed by atoms with Crippen LogP contribution in [-0.2, 0) is 20.9 Å². The maximum Gasteiger partial charge on any atom is 0.318 e. The average Bonchev–Trinajstić information content (AvgIpc) is 3.14. The highest BCUT2D eigenvalue weighted by atomic mass is 32.1. The van der Waals surface area contributed by atoms with Gasteiger partial charge in [0.2, 0.25) is 0 Å². The fraction of sp³-hybridized carbons (Fsp3) is 0.217. The van der Waals surface area contributed by atoms with Crippen molar-refractivity contribution in [2.45, 2.75) is 19.4 Å². The minimum Gasteiger partial charge on any atom is -0.457 e. The Hall–Kier alpha value is -3.12. The third kappa shape index (κ3) is 3.89. The Bertz CT molecular complexity index is 1010. The number of aryl methyl sites for hydroxylation is 1. The topological polar surface area (TPSA) is 55.8 Å². The van der Waals surface area contributed by atoms with Gasteiger partial charge in [-0.05, 0) is 36.1 Å². The predicted octanol–water partition coefficient (Wildman–Crippen LogP) is 4.50. The molecule has 4 rings (SSSR count). The van der Waals surface area contributed by atoms with Crippen LogP contribution < -0.4 is 4.74 Å². The van der Waals surface area contributed by atoms with Crippen LogP contribution in [0.5, 0.6) is 11.5 Å². The molecule has 2 heterocycles. The molecule has 5 nitrogen and oxygen atoms in total. The van der Waals surface area contributed by atoms with Crippen LogP contribution >= 0.6 is 11.3 Å². The van der Waals surface area contributed by atoms with Gasteiger partial charge in [-0.15, -0.1) is 11.3 Å². The molecule has 0 N–H and O–H groups in total. The van der Waals surface area contributed by atoms with E-state index in [-0.39, 0.29) is 12.5 Å². The van der Waals surface area contributed by atoms with Gasteiger partial charge in [-0.25, -0.2) is 0 Å². The van der Waals surface area contributed by atoms with E-state index in [0.29, 0.717) is 18.0 Å². The molecule has 3 aromatic rings. The summed E-state index contributed by atoms with van der Waals surface area (Å²) in [6.45, 7) is 2.23. The molecule has 6 heteroatoms. The quantitative estimate of drug-likeness (QED) is 0.585. The minimum atomic E-state index is -0.617. The first-order chi connectivity index (χ1) is 14.0. The fourth-order valence-corrected chi connectivity index (χ4v) is 4.32. The normalized spacial score (nSPS) is 12.5. The van der Waals surface area contributed by atoms with Crippen LogP contribution in [0.25, 0.3) is 0 Å². The fourth-order valence-electron chi connectivity index (χ4n) is 3.36. The zero-order chi connectivity index (χ0) is 20.4. The van der Waals surface area contributed by atoms with E-state index in [1.54, 1.807) is 23.3 Å². The second-order valence-electron chi connectivity index (χ2n) is 7.00. The number of carbonyl (C=O) groups excluding carboxylic acids is 2. The van der Waals surface area contributed by atoms with Crippen molar-refractivity contribution in [2.75, 3.05) is 13.7 Å². The van der Waals surface area contributed by atoms with Crippen molar-refractivity contribution < 1.29 is 19.1 Å². The van der Waals surface area contributed by atoms with Gasteiger partial charge in [0.25, 0.3) is 5.91 Å². The lowest BCUT2D eigenvalue weighted by molar-refractivity contribution is -0.152.